The van der Waals surface area contributed by atoms with Crippen LogP contribution >= 0.6 is 0 Å². The van der Waals surface area contributed by atoms with E-state index >= 15 is 0 Å². The first kappa shape index (κ1) is 9.43. The van der Waals surface area contributed by atoms with Crippen LogP contribution in [0.2, 0.25) is 0 Å². The fourth-order valence-electron chi connectivity index (χ4n) is 2.05. The van der Waals surface area contributed by atoms with Crippen molar-refractivity contribution in [1.29, 1.82) is 0 Å². The molecule has 2 aliphatic rings. The van der Waals surface area contributed by atoms with E-state index in [1.807, 2.05) is 0 Å². The van der Waals surface area contributed by atoms with Gasteiger partial charge in [-0.25, -0.2) is 4.72 Å². The predicted octanol–water partition coefficient (Wildman–Crippen LogP) is 0.182. The zero-order valence-electron chi connectivity index (χ0n) is 7.86. The Morgan fingerprint density at radius 3 is 2.46 bits per heavy atom. The minimum Gasteiger partial charge on any atom is -0.205 e. The van der Waals surface area contributed by atoms with E-state index in [-0.39, 0.29) is 0 Å². The number of hydrogen-bond acceptors (Lipinski definition) is 2. The SMILES string of the molecule is CNS(=O)(=O)N1CCC(C2CC2)C1. The van der Waals surface area contributed by atoms with Gasteiger partial charge in [0.25, 0.3) is 10.2 Å². The summed E-state index contributed by atoms with van der Waals surface area (Å²) in [6.45, 7) is 1.43. The molecule has 1 saturated carbocycles. The summed E-state index contributed by atoms with van der Waals surface area (Å²) in [6, 6.07) is 0. The normalized spacial score (nSPS) is 31.0. The Labute approximate surface area is 79.5 Å². The first-order valence-corrected chi connectivity index (χ1v) is 6.26. The lowest BCUT2D eigenvalue weighted by molar-refractivity contribution is 0.433. The van der Waals surface area contributed by atoms with Crippen molar-refractivity contribution in [2.45, 2.75) is 19.3 Å². The summed E-state index contributed by atoms with van der Waals surface area (Å²) in [4.78, 5) is 0. The van der Waals surface area contributed by atoms with Gasteiger partial charge in [0, 0.05) is 20.1 Å². The van der Waals surface area contributed by atoms with Crippen molar-refractivity contribution < 1.29 is 8.42 Å². The monoisotopic (exact) mass is 204 g/mol. The van der Waals surface area contributed by atoms with E-state index < -0.39 is 10.2 Å². The van der Waals surface area contributed by atoms with E-state index in [2.05, 4.69) is 4.72 Å². The zero-order valence-corrected chi connectivity index (χ0v) is 8.68. The lowest BCUT2D eigenvalue weighted by Crippen LogP contribution is -2.37. The second-order valence-electron chi connectivity index (χ2n) is 3.95. The molecular weight excluding hydrogens is 188 g/mol. The van der Waals surface area contributed by atoms with Crippen molar-refractivity contribution in [3.8, 4) is 0 Å². The summed E-state index contributed by atoms with van der Waals surface area (Å²) in [5.74, 6) is 1.44. The van der Waals surface area contributed by atoms with Crippen LogP contribution in [0.4, 0.5) is 0 Å². The highest BCUT2D eigenvalue weighted by Gasteiger charge is 2.38. The maximum absolute atomic E-state index is 11.4. The van der Waals surface area contributed by atoms with Crippen LogP contribution in [0.15, 0.2) is 0 Å². The topological polar surface area (TPSA) is 49.4 Å². The molecule has 1 atom stereocenters. The van der Waals surface area contributed by atoms with E-state index in [0.29, 0.717) is 12.5 Å². The van der Waals surface area contributed by atoms with Gasteiger partial charge >= 0.3 is 0 Å². The number of nitrogens with one attached hydrogen (secondary N) is 1. The quantitative estimate of drug-likeness (QED) is 0.713. The summed E-state index contributed by atoms with van der Waals surface area (Å²) in [7, 11) is -1.68. The Bertz CT molecular complexity index is 285. The molecule has 2 rings (SSSR count). The molecule has 0 aromatic carbocycles. The van der Waals surface area contributed by atoms with Crippen molar-refractivity contribution >= 4 is 10.2 Å². The molecule has 1 heterocycles. The average molecular weight is 204 g/mol. The molecule has 2 fully saturated rings. The summed E-state index contributed by atoms with van der Waals surface area (Å²) in [6.07, 6.45) is 3.65. The molecule has 5 heteroatoms. The van der Waals surface area contributed by atoms with Gasteiger partial charge in [-0.3, -0.25) is 0 Å². The molecule has 13 heavy (non-hydrogen) atoms. The van der Waals surface area contributed by atoms with Gasteiger partial charge in [-0.15, -0.1) is 0 Å². The van der Waals surface area contributed by atoms with Crippen LogP contribution in [-0.2, 0) is 10.2 Å². The Morgan fingerprint density at radius 2 is 1.92 bits per heavy atom. The summed E-state index contributed by atoms with van der Waals surface area (Å²) in [5, 5.41) is 0. The van der Waals surface area contributed by atoms with Crippen molar-refractivity contribution in [3.05, 3.63) is 0 Å². The van der Waals surface area contributed by atoms with Gasteiger partial charge < -0.3 is 0 Å². The highest BCUT2D eigenvalue weighted by molar-refractivity contribution is 7.87. The van der Waals surface area contributed by atoms with E-state index in [1.54, 1.807) is 4.31 Å². The van der Waals surface area contributed by atoms with Crippen LogP contribution in [0, 0.1) is 11.8 Å². The molecule has 76 valence electrons. The lowest BCUT2D eigenvalue weighted by atomic mass is 10.0. The van der Waals surface area contributed by atoms with E-state index in [0.717, 1.165) is 18.9 Å². The highest BCUT2D eigenvalue weighted by Crippen LogP contribution is 2.41. The molecular formula is C8H16N2O2S. The molecule has 4 nitrogen and oxygen atoms in total. The Morgan fingerprint density at radius 1 is 1.23 bits per heavy atom. The number of hydrogen-bond donors (Lipinski definition) is 1. The molecule has 0 aromatic rings. The van der Waals surface area contributed by atoms with Gasteiger partial charge in [0.15, 0.2) is 0 Å². The van der Waals surface area contributed by atoms with Crippen LogP contribution < -0.4 is 4.72 Å². The molecule has 1 saturated heterocycles. The third kappa shape index (κ3) is 1.87. The van der Waals surface area contributed by atoms with Crippen molar-refractivity contribution in [3.63, 3.8) is 0 Å². The maximum Gasteiger partial charge on any atom is 0.279 e. The summed E-state index contributed by atoms with van der Waals surface area (Å²) >= 11 is 0. The van der Waals surface area contributed by atoms with Gasteiger partial charge in [0.1, 0.15) is 0 Å². The van der Waals surface area contributed by atoms with Crippen LogP contribution in [0.5, 0.6) is 0 Å². The Hall–Kier alpha value is -0.130. The summed E-state index contributed by atoms with van der Waals surface area (Å²) < 4.78 is 26.7. The first-order valence-electron chi connectivity index (χ1n) is 4.82. The van der Waals surface area contributed by atoms with Gasteiger partial charge in [-0.05, 0) is 31.1 Å². The molecule has 1 N–H and O–H groups in total. The fraction of sp³-hybridized carbons (Fsp3) is 1.00. The van der Waals surface area contributed by atoms with Crippen molar-refractivity contribution in [1.82, 2.24) is 9.03 Å². The number of nitrogens with zero attached hydrogens (tertiary/aromatic N) is 1. The molecule has 0 spiro atoms. The second kappa shape index (κ2) is 3.22. The molecule has 1 aliphatic carbocycles. The molecule has 0 amide bonds. The van der Waals surface area contributed by atoms with E-state index in [9.17, 15) is 8.42 Å². The third-order valence-corrected chi connectivity index (χ3v) is 4.60. The largest absolute Gasteiger partial charge is 0.279 e. The lowest BCUT2D eigenvalue weighted by Gasteiger charge is -2.14. The van der Waals surface area contributed by atoms with E-state index in [4.69, 9.17) is 0 Å². The van der Waals surface area contributed by atoms with Crippen LogP contribution in [-0.4, -0.2) is 32.9 Å². The molecule has 0 radical (unpaired) electrons. The van der Waals surface area contributed by atoms with Gasteiger partial charge in [-0.2, -0.15) is 12.7 Å². The number of rotatable bonds is 3. The molecule has 0 aromatic heterocycles. The zero-order chi connectivity index (χ0) is 9.47. The Kier molecular flexibility index (Phi) is 2.33. The van der Waals surface area contributed by atoms with Gasteiger partial charge in [0.2, 0.25) is 0 Å². The first-order chi connectivity index (χ1) is 6.13. The molecule has 1 unspecified atom stereocenters. The summed E-state index contributed by atoms with van der Waals surface area (Å²) in [5.41, 5.74) is 0. The van der Waals surface area contributed by atoms with Crippen LogP contribution in [0.25, 0.3) is 0 Å². The van der Waals surface area contributed by atoms with Gasteiger partial charge in [-0.1, -0.05) is 0 Å². The standard InChI is InChI=1S/C8H16N2O2S/c1-9-13(11,12)10-5-4-8(6-10)7-2-3-7/h7-9H,2-6H2,1H3. The maximum atomic E-state index is 11.4. The highest BCUT2D eigenvalue weighted by atomic mass is 32.2. The van der Waals surface area contributed by atoms with Crippen LogP contribution in [0.3, 0.4) is 0 Å². The average Bonchev–Trinajstić information content (AvgIpc) is 2.83. The molecule has 1 aliphatic heterocycles. The smallest absolute Gasteiger partial charge is 0.205 e. The third-order valence-electron chi connectivity index (χ3n) is 3.07. The van der Waals surface area contributed by atoms with Gasteiger partial charge in [0.05, 0.1) is 0 Å². The minimum absolute atomic E-state index is 0.628. The minimum atomic E-state index is -3.15. The second-order valence-corrected chi connectivity index (χ2v) is 5.83. The van der Waals surface area contributed by atoms with E-state index in [1.165, 1.54) is 19.9 Å². The Balaban J connectivity index is 1.97. The van der Waals surface area contributed by atoms with Crippen LogP contribution in [0.1, 0.15) is 19.3 Å². The molecule has 0 bridgehead atoms. The van der Waals surface area contributed by atoms with Crippen molar-refractivity contribution in [2.75, 3.05) is 20.1 Å². The fourth-order valence-corrected chi connectivity index (χ4v) is 3.05. The predicted molar refractivity (Wildman–Crippen MR) is 50.4 cm³/mol. The van der Waals surface area contributed by atoms with Crippen molar-refractivity contribution in [2.24, 2.45) is 11.8 Å².